The topological polar surface area (TPSA) is 114 Å². The highest BCUT2D eigenvalue weighted by Gasteiger charge is 2.43. The summed E-state index contributed by atoms with van der Waals surface area (Å²) in [5, 5.41) is 46.9. The van der Waals surface area contributed by atoms with Gasteiger partial charge in [0.2, 0.25) is 0 Å². The fourth-order valence-corrected chi connectivity index (χ4v) is 3.07. The van der Waals surface area contributed by atoms with E-state index in [2.05, 4.69) is 10.6 Å². The second-order valence-corrected chi connectivity index (χ2v) is 6.28. The maximum Gasteiger partial charge on any atom is 0.172 e. The van der Waals surface area contributed by atoms with Crippen LogP contribution in [0.5, 0.6) is 0 Å². The summed E-state index contributed by atoms with van der Waals surface area (Å²) >= 11 is 5.26. The summed E-state index contributed by atoms with van der Waals surface area (Å²) < 4.78 is 5.38. The van der Waals surface area contributed by atoms with Crippen molar-refractivity contribution in [3.8, 4) is 0 Å². The Labute approximate surface area is 149 Å². The second kappa shape index (κ2) is 7.61. The third-order valence-corrected chi connectivity index (χ3v) is 4.42. The normalized spacial score (nSPS) is 29.4. The summed E-state index contributed by atoms with van der Waals surface area (Å²) in [6, 6.07) is 13.5. The van der Waals surface area contributed by atoms with E-state index in [1.54, 1.807) is 0 Å². The van der Waals surface area contributed by atoms with Crippen LogP contribution in [0.4, 0.5) is 5.69 Å². The van der Waals surface area contributed by atoms with E-state index in [4.69, 9.17) is 17.0 Å². The third kappa shape index (κ3) is 3.74. The van der Waals surface area contributed by atoms with Crippen molar-refractivity contribution in [3.63, 3.8) is 0 Å². The minimum Gasteiger partial charge on any atom is -0.394 e. The Hall–Kier alpha value is -1.81. The maximum absolute atomic E-state index is 10.0. The van der Waals surface area contributed by atoms with Crippen molar-refractivity contribution in [2.24, 2.45) is 0 Å². The molecule has 0 bridgehead atoms. The molecule has 0 amide bonds. The van der Waals surface area contributed by atoms with Gasteiger partial charge < -0.3 is 35.8 Å². The first kappa shape index (κ1) is 18.0. The molecular formula is C17H20N2O5S. The van der Waals surface area contributed by atoms with Crippen molar-refractivity contribution in [2.45, 2.75) is 30.6 Å². The molecule has 1 aliphatic rings. The number of thiocarbonyl (C=S) groups is 1. The Balaban J connectivity index is 1.71. The van der Waals surface area contributed by atoms with E-state index in [-0.39, 0.29) is 5.11 Å². The minimum absolute atomic E-state index is 0.181. The maximum atomic E-state index is 10.0. The Morgan fingerprint density at radius 3 is 2.48 bits per heavy atom. The van der Waals surface area contributed by atoms with Gasteiger partial charge in [-0.1, -0.05) is 36.4 Å². The summed E-state index contributed by atoms with van der Waals surface area (Å²) in [7, 11) is 0. The number of rotatable bonds is 3. The molecule has 6 N–H and O–H groups in total. The van der Waals surface area contributed by atoms with Gasteiger partial charge in [-0.2, -0.15) is 0 Å². The molecule has 0 aromatic heterocycles. The predicted octanol–water partition coefficient (Wildman–Crippen LogP) is -0.0739. The third-order valence-electron chi connectivity index (χ3n) is 4.20. The van der Waals surface area contributed by atoms with Crippen LogP contribution in [0.15, 0.2) is 42.5 Å². The van der Waals surface area contributed by atoms with E-state index < -0.39 is 37.3 Å². The molecule has 134 valence electrons. The summed E-state index contributed by atoms with van der Waals surface area (Å²) in [5.74, 6) is 0. The number of hydrogen-bond acceptors (Lipinski definition) is 6. The van der Waals surface area contributed by atoms with Crippen molar-refractivity contribution in [3.05, 3.63) is 42.5 Å². The molecule has 1 heterocycles. The predicted molar refractivity (Wildman–Crippen MR) is 97.1 cm³/mol. The number of aliphatic hydroxyl groups excluding tert-OH is 4. The lowest BCUT2D eigenvalue weighted by molar-refractivity contribution is -0.232. The highest BCUT2D eigenvalue weighted by atomic mass is 32.1. The first-order chi connectivity index (χ1) is 12.0. The van der Waals surface area contributed by atoms with E-state index in [9.17, 15) is 20.4 Å². The first-order valence-electron chi connectivity index (χ1n) is 7.87. The number of hydrogen-bond donors (Lipinski definition) is 6. The second-order valence-electron chi connectivity index (χ2n) is 5.87. The lowest BCUT2D eigenvalue weighted by Crippen LogP contribution is -2.63. The largest absolute Gasteiger partial charge is 0.394 e. The zero-order valence-electron chi connectivity index (χ0n) is 13.2. The molecule has 0 saturated carbocycles. The molecule has 3 rings (SSSR count). The van der Waals surface area contributed by atoms with Crippen LogP contribution in [0.1, 0.15) is 0 Å². The molecule has 5 atom stereocenters. The van der Waals surface area contributed by atoms with Crippen LogP contribution in [-0.2, 0) is 4.74 Å². The number of aliphatic hydroxyl groups is 4. The van der Waals surface area contributed by atoms with Gasteiger partial charge in [-0.3, -0.25) is 0 Å². The molecule has 1 fully saturated rings. The Kier molecular flexibility index (Phi) is 5.48. The van der Waals surface area contributed by atoms with Crippen LogP contribution in [0.2, 0.25) is 0 Å². The van der Waals surface area contributed by atoms with Crippen molar-refractivity contribution >= 4 is 33.8 Å². The molecule has 2 aromatic rings. The molecule has 0 aliphatic carbocycles. The lowest BCUT2D eigenvalue weighted by atomic mass is 9.98. The summed E-state index contributed by atoms with van der Waals surface area (Å²) in [4.78, 5) is 0. The van der Waals surface area contributed by atoms with Crippen LogP contribution in [0, 0.1) is 0 Å². The Morgan fingerprint density at radius 1 is 1.00 bits per heavy atom. The SMILES string of the molecule is OCC1OC(NC(=S)Nc2cccc3ccccc23)C(O)C(O)C1O. The van der Waals surface area contributed by atoms with Gasteiger partial charge in [-0.05, 0) is 23.7 Å². The standard InChI is InChI=1S/C17H20N2O5S/c20-8-12-13(21)14(22)15(23)16(24-12)19-17(25)18-11-7-3-5-9-4-1-2-6-10(9)11/h1-7,12-16,20-23H,8H2,(H2,18,19,25). The quantitative estimate of drug-likeness (QED) is 0.420. The van der Waals surface area contributed by atoms with Crippen LogP contribution >= 0.6 is 12.2 Å². The Bertz CT molecular complexity index is 751. The van der Waals surface area contributed by atoms with E-state index in [0.29, 0.717) is 0 Å². The molecule has 0 radical (unpaired) electrons. The van der Waals surface area contributed by atoms with Gasteiger partial charge >= 0.3 is 0 Å². The number of benzene rings is 2. The molecular weight excluding hydrogens is 344 g/mol. The van der Waals surface area contributed by atoms with Gasteiger partial charge in [0.05, 0.1) is 6.61 Å². The van der Waals surface area contributed by atoms with Crippen LogP contribution in [0.3, 0.4) is 0 Å². The molecule has 0 spiro atoms. The van der Waals surface area contributed by atoms with Gasteiger partial charge in [0.15, 0.2) is 11.3 Å². The Morgan fingerprint density at radius 2 is 1.72 bits per heavy atom. The van der Waals surface area contributed by atoms with E-state index >= 15 is 0 Å². The molecule has 2 aromatic carbocycles. The zero-order valence-corrected chi connectivity index (χ0v) is 14.1. The molecule has 1 aliphatic heterocycles. The fourth-order valence-electron chi connectivity index (χ4n) is 2.84. The number of ether oxygens (including phenoxy) is 1. The molecule has 1 saturated heterocycles. The monoisotopic (exact) mass is 364 g/mol. The zero-order chi connectivity index (χ0) is 18.0. The first-order valence-corrected chi connectivity index (χ1v) is 8.28. The number of nitrogens with one attached hydrogen (secondary N) is 2. The highest BCUT2D eigenvalue weighted by molar-refractivity contribution is 7.80. The van der Waals surface area contributed by atoms with E-state index in [1.165, 1.54) is 0 Å². The van der Waals surface area contributed by atoms with Crippen LogP contribution < -0.4 is 10.6 Å². The van der Waals surface area contributed by atoms with Gasteiger partial charge in [0.25, 0.3) is 0 Å². The van der Waals surface area contributed by atoms with Gasteiger partial charge in [0.1, 0.15) is 24.4 Å². The smallest absolute Gasteiger partial charge is 0.172 e. The molecule has 8 heteroatoms. The summed E-state index contributed by atoms with van der Waals surface area (Å²) in [5.41, 5.74) is 0.778. The van der Waals surface area contributed by atoms with Gasteiger partial charge in [-0.25, -0.2) is 0 Å². The lowest BCUT2D eigenvalue weighted by Gasteiger charge is -2.40. The van der Waals surface area contributed by atoms with Crippen molar-refractivity contribution < 1.29 is 25.2 Å². The molecule has 7 nitrogen and oxygen atoms in total. The average Bonchev–Trinajstić information content (AvgIpc) is 2.62. The van der Waals surface area contributed by atoms with E-state index in [0.717, 1.165) is 16.5 Å². The van der Waals surface area contributed by atoms with Gasteiger partial charge in [0, 0.05) is 11.1 Å². The molecule has 25 heavy (non-hydrogen) atoms. The summed E-state index contributed by atoms with van der Waals surface area (Å²) in [6.45, 7) is -0.493. The van der Waals surface area contributed by atoms with Crippen LogP contribution in [-0.4, -0.2) is 62.8 Å². The van der Waals surface area contributed by atoms with Crippen LogP contribution in [0.25, 0.3) is 10.8 Å². The van der Waals surface area contributed by atoms with E-state index in [1.807, 2.05) is 42.5 Å². The minimum atomic E-state index is -1.45. The number of fused-ring (bicyclic) bond motifs is 1. The fraction of sp³-hybridized carbons (Fsp3) is 0.353. The highest BCUT2D eigenvalue weighted by Crippen LogP contribution is 2.23. The molecule has 5 unspecified atom stereocenters. The van der Waals surface area contributed by atoms with Crippen molar-refractivity contribution in [1.82, 2.24) is 5.32 Å². The van der Waals surface area contributed by atoms with Gasteiger partial charge in [-0.15, -0.1) is 0 Å². The average molecular weight is 364 g/mol. The van der Waals surface area contributed by atoms with Crippen molar-refractivity contribution in [1.29, 1.82) is 0 Å². The van der Waals surface area contributed by atoms with Crippen molar-refractivity contribution in [2.75, 3.05) is 11.9 Å². The summed E-state index contributed by atoms with van der Waals surface area (Å²) in [6.07, 6.45) is -6.31. The number of anilines is 1.